The predicted molar refractivity (Wildman–Crippen MR) is 234 cm³/mol. The van der Waals surface area contributed by atoms with E-state index in [1.807, 2.05) is 12.1 Å². The first-order chi connectivity index (χ1) is 28.2. The van der Waals surface area contributed by atoms with Crippen LogP contribution in [-0.4, -0.2) is 79.0 Å². The second kappa shape index (κ2) is 18.1. The minimum Gasteiger partial charge on any atom is -0.506 e. The predicted octanol–water partition coefficient (Wildman–Crippen LogP) is 7.68. The Morgan fingerprint density at radius 2 is 1.81 bits per heavy atom. The maximum Gasteiger partial charge on any atom is 0.316 e. The maximum absolute atomic E-state index is 14.0. The summed E-state index contributed by atoms with van der Waals surface area (Å²) in [5, 5.41) is 17.8. The lowest BCUT2D eigenvalue weighted by Gasteiger charge is -2.45. The number of aromatic amines is 1. The molecule has 4 aliphatic rings. The first-order valence-electron chi connectivity index (χ1n) is 21.7. The molecule has 1 aliphatic carbocycles. The Morgan fingerprint density at radius 3 is 2.51 bits per heavy atom. The number of phenols is 1. The molecule has 8 rings (SSSR count). The van der Waals surface area contributed by atoms with E-state index in [1.165, 1.54) is 11.6 Å². The number of aromatic nitrogens is 2. The molecule has 2 bridgehead atoms. The Bertz CT molecular complexity index is 2150. The number of rotatable bonds is 15. The minimum atomic E-state index is -2.22. The molecule has 0 spiro atoms. The maximum atomic E-state index is 14.0. The molecule has 59 heavy (non-hydrogen) atoms. The van der Waals surface area contributed by atoms with E-state index in [0.29, 0.717) is 36.6 Å². The van der Waals surface area contributed by atoms with E-state index in [1.54, 1.807) is 24.4 Å². The van der Waals surface area contributed by atoms with Crippen LogP contribution < -0.4 is 16.2 Å². The van der Waals surface area contributed by atoms with Crippen molar-refractivity contribution in [2.24, 2.45) is 5.92 Å². The van der Waals surface area contributed by atoms with Gasteiger partial charge in [-0.1, -0.05) is 70.4 Å². The summed E-state index contributed by atoms with van der Waals surface area (Å²) in [5.41, 5.74) is 3.95. The summed E-state index contributed by atoms with van der Waals surface area (Å²) in [4.78, 5) is 49.0. The molecular formula is C47H63N5O6Si. The zero-order chi connectivity index (χ0) is 41.8. The zero-order valence-electron chi connectivity index (χ0n) is 35.6. The molecule has 1 amide bonds. The number of carbonyl (C=O) groups is 2. The molecular weight excluding hydrogens is 759 g/mol. The van der Waals surface area contributed by atoms with E-state index in [9.17, 15) is 19.5 Å². The molecule has 0 radical (unpaired) electrons. The third-order valence-electron chi connectivity index (χ3n) is 13.6. The van der Waals surface area contributed by atoms with E-state index in [2.05, 4.69) is 83.6 Å². The number of fused-ring (bicyclic) bond motifs is 4. The molecule has 3 aliphatic heterocycles. The molecule has 2 atom stereocenters. The molecule has 12 heteroatoms. The van der Waals surface area contributed by atoms with Crippen molar-refractivity contribution >= 4 is 31.1 Å². The van der Waals surface area contributed by atoms with Gasteiger partial charge in [-0.2, -0.15) is 0 Å². The Kier molecular flexibility index (Phi) is 13.1. The number of pyridine rings is 2. The number of nitrogens with zero attached hydrogens (tertiary/aromatic N) is 2. The van der Waals surface area contributed by atoms with E-state index in [0.717, 1.165) is 99.6 Å². The van der Waals surface area contributed by atoms with Crippen LogP contribution in [0.3, 0.4) is 0 Å². The SMILES string of the molecule is CC(C)(C)[Si](C)(C)O[C@@H](CNCc1ccc(C(=O)NCCCc2cccc(C3(C(=O)O[C@H]4CN5CCC4CC5)CCCCC3)c2)cn1)c1ccc(O)c2[nH]c(=O)ccc12. The highest BCUT2D eigenvalue weighted by atomic mass is 28.4. The highest BCUT2D eigenvalue weighted by Gasteiger charge is 2.46. The standard InChI is InChI=1S/C47H63N5O6Si/c1-46(2,3)59(4,5)58-40(37-16-18-39(53)43-38(37)17-19-42(54)51-43)30-48-29-36-15-14-34(28-50-36)44(55)49-24-10-12-32-11-9-13-35(27-32)47(22-7-6-8-23-47)45(56)57-41-31-52-25-20-33(41)21-26-52/h9,11,13-19,27-28,33,40-41,48,53H,6-8,10,12,20-26,29-31H2,1-5H3,(H,49,55)(H,51,54)/t40-,41-/m0/s1. The van der Waals surface area contributed by atoms with Crippen LogP contribution in [0.15, 0.2) is 71.7 Å². The van der Waals surface area contributed by atoms with Gasteiger partial charge in [0.25, 0.3) is 5.91 Å². The van der Waals surface area contributed by atoms with Crippen molar-refractivity contribution in [1.82, 2.24) is 25.5 Å². The highest BCUT2D eigenvalue weighted by molar-refractivity contribution is 6.74. The Balaban J connectivity index is 0.919. The van der Waals surface area contributed by atoms with E-state index >= 15 is 0 Å². The average Bonchev–Trinajstić information content (AvgIpc) is 3.23. The number of carbonyl (C=O) groups excluding carboxylic acids is 2. The van der Waals surface area contributed by atoms with Gasteiger partial charge < -0.3 is 29.9 Å². The molecule has 2 aromatic heterocycles. The molecule has 5 heterocycles. The molecule has 4 N–H and O–H groups in total. The number of phenolic OH excluding ortho intramolecular Hbond substituents is 1. The zero-order valence-corrected chi connectivity index (χ0v) is 36.6. The van der Waals surface area contributed by atoms with Crippen molar-refractivity contribution in [2.45, 2.75) is 121 Å². The Hall–Kier alpha value is -4.36. The number of ether oxygens (including phenoxy) is 1. The van der Waals surface area contributed by atoms with Gasteiger partial charge in [0.05, 0.1) is 28.3 Å². The topological polar surface area (TPSA) is 146 Å². The van der Waals surface area contributed by atoms with Crippen molar-refractivity contribution in [3.8, 4) is 5.75 Å². The largest absolute Gasteiger partial charge is 0.506 e. The van der Waals surface area contributed by atoms with Gasteiger partial charge >= 0.3 is 5.97 Å². The average molecular weight is 822 g/mol. The molecule has 4 aromatic rings. The lowest BCUT2D eigenvalue weighted by Crippen LogP contribution is -2.53. The number of hydrogen-bond donors (Lipinski definition) is 4. The van der Waals surface area contributed by atoms with Crippen LogP contribution in [0.25, 0.3) is 10.9 Å². The fourth-order valence-electron chi connectivity index (χ4n) is 8.96. The van der Waals surface area contributed by atoms with Gasteiger partial charge in [0.1, 0.15) is 11.9 Å². The van der Waals surface area contributed by atoms with Gasteiger partial charge in [-0.25, -0.2) is 0 Å². The molecule has 0 unspecified atom stereocenters. The third-order valence-corrected chi connectivity index (χ3v) is 18.1. The van der Waals surface area contributed by atoms with Gasteiger partial charge in [0, 0.05) is 43.8 Å². The summed E-state index contributed by atoms with van der Waals surface area (Å²) >= 11 is 0. The lowest BCUT2D eigenvalue weighted by atomic mass is 9.69. The van der Waals surface area contributed by atoms with Crippen LogP contribution in [0.2, 0.25) is 18.1 Å². The van der Waals surface area contributed by atoms with Gasteiger partial charge in [0.2, 0.25) is 5.56 Å². The van der Waals surface area contributed by atoms with Crippen molar-refractivity contribution in [1.29, 1.82) is 0 Å². The first kappa shape index (κ1) is 42.8. The van der Waals surface area contributed by atoms with E-state index in [-0.39, 0.29) is 40.4 Å². The van der Waals surface area contributed by atoms with Crippen LogP contribution in [0.4, 0.5) is 0 Å². The van der Waals surface area contributed by atoms with Gasteiger partial charge in [-0.3, -0.25) is 24.3 Å². The van der Waals surface area contributed by atoms with Crippen LogP contribution >= 0.6 is 0 Å². The van der Waals surface area contributed by atoms with Gasteiger partial charge in [-0.15, -0.1) is 0 Å². The number of aryl methyl sites for hydroxylation is 1. The van der Waals surface area contributed by atoms with Gasteiger partial charge in [-0.05, 0) is 117 Å². The summed E-state index contributed by atoms with van der Waals surface area (Å²) in [6, 6.07) is 18.8. The fourth-order valence-corrected chi connectivity index (χ4v) is 10.2. The van der Waals surface area contributed by atoms with Crippen molar-refractivity contribution in [3.63, 3.8) is 0 Å². The molecule has 11 nitrogen and oxygen atoms in total. The number of hydrogen-bond acceptors (Lipinski definition) is 9. The Labute approximate surface area is 349 Å². The lowest BCUT2D eigenvalue weighted by molar-refractivity contribution is -0.167. The summed E-state index contributed by atoms with van der Waals surface area (Å²) in [6.45, 7) is 15.6. The summed E-state index contributed by atoms with van der Waals surface area (Å²) in [5.74, 6) is 0.311. The number of piperidine rings is 3. The quantitative estimate of drug-likeness (QED) is 0.0539. The molecule has 316 valence electrons. The second-order valence-electron chi connectivity index (χ2n) is 18.6. The van der Waals surface area contributed by atoms with Crippen LogP contribution in [0, 0.1) is 5.92 Å². The van der Waals surface area contributed by atoms with Crippen molar-refractivity contribution < 1.29 is 23.9 Å². The minimum absolute atomic E-state index is 0.0124. The van der Waals surface area contributed by atoms with Crippen LogP contribution in [0.1, 0.15) is 111 Å². The van der Waals surface area contributed by atoms with Crippen molar-refractivity contribution in [2.75, 3.05) is 32.7 Å². The molecule has 1 saturated carbocycles. The van der Waals surface area contributed by atoms with E-state index in [4.69, 9.17) is 9.16 Å². The van der Waals surface area contributed by atoms with E-state index < -0.39 is 13.7 Å². The van der Waals surface area contributed by atoms with Crippen LogP contribution in [-0.2, 0) is 32.3 Å². The highest BCUT2D eigenvalue weighted by Crippen LogP contribution is 2.43. The second-order valence-corrected chi connectivity index (χ2v) is 23.4. The molecule has 2 aromatic carbocycles. The number of H-pyrrole nitrogens is 1. The van der Waals surface area contributed by atoms with Crippen LogP contribution in [0.5, 0.6) is 5.75 Å². The van der Waals surface area contributed by atoms with Gasteiger partial charge in [0.15, 0.2) is 8.32 Å². The third kappa shape index (κ3) is 9.83. The monoisotopic (exact) mass is 821 g/mol. The molecule has 4 fully saturated rings. The number of nitrogens with one attached hydrogen (secondary N) is 3. The number of benzene rings is 2. The number of amides is 1. The summed E-state index contributed by atoms with van der Waals surface area (Å²) in [6.07, 6.45) is 9.99. The molecule has 3 saturated heterocycles. The fraction of sp³-hybridized carbons (Fsp3) is 0.532. The number of esters is 1. The Morgan fingerprint density at radius 1 is 1.03 bits per heavy atom. The summed E-state index contributed by atoms with van der Waals surface area (Å²) in [7, 11) is -2.22. The number of aromatic hydroxyl groups is 1. The summed E-state index contributed by atoms with van der Waals surface area (Å²) < 4.78 is 13.3. The first-order valence-corrected chi connectivity index (χ1v) is 24.6. The van der Waals surface area contributed by atoms with Crippen molar-refractivity contribution in [3.05, 3.63) is 105 Å². The smallest absolute Gasteiger partial charge is 0.316 e. The normalized spacial score (nSPS) is 20.9.